The molecule has 1 fully saturated rings. The SMILES string of the molecule is C1CO[C@@H](c2nnc3n2CCNCC3)C1. The van der Waals surface area contributed by atoms with Crippen molar-refractivity contribution in [2.24, 2.45) is 0 Å². The zero-order valence-corrected chi connectivity index (χ0v) is 8.78. The summed E-state index contributed by atoms with van der Waals surface area (Å²) in [6.45, 7) is 3.84. The fourth-order valence-corrected chi connectivity index (χ4v) is 2.31. The Hall–Kier alpha value is -0.940. The summed E-state index contributed by atoms with van der Waals surface area (Å²) in [6, 6.07) is 0. The van der Waals surface area contributed by atoms with Crippen LogP contribution in [0.2, 0.25) is 0 Å². The molecule has 0 amide bonds. The van der Waals surface area contributed by atoms with Crippen molar-refractivity contribution in [3.63, 3.8) is 0 Å². The van der Waals surface area contributed by atoms with Crippen molar-refractivity contribution in [1.82, 2.24) is 20.1 Å². The van der Waals surface area contributed by atoms with Gasteiger partial charge in [0.1, 0.15) is 11.9 Å². The van der Waals surface area contributed by atoms with Crippen molar-refractivity contribution in [1.29, 1.82) is 0 Å². The lowest BCUT2D eigenvalue weighted by molar-refractivity contribution is 0.101. The zero-order chi connectivity index (χ0) is 10.1. The van der Waals surface area contributed by atoms with Gasteiger partial charge in [-0.05, 0) is 12.8 Å². The lowest BCUT2D eigenvalue weighted by atomic mass is 10.2. The summed E-state index contributed by atoms with van der Waals surface area (Å²) in [5.74, 6) is 2.14. The van der Waals surface area contributed by atoms with Crippen LogP contribution < -0.4 is 5.32 Å². The molecule has 0 aromatic carbocycles. The standard InChI is InChI=1S/C10H16N4O/c1-2-8(15-7-1)10-13-12-9-3-4-11-5-6-14(9)10/h8,11H,1-7H2/t8-/m1/s1. The van der Waals surface area contributed by atoms with E-state index in [2.05, 4.69) is 20.1 Å². The molecule has 82 valence electrons. The molecule has 3 rings (SSSR count). The Morgan fingerprint density at radius 1 is 1.33 bits per heavy atom. The summed E-state index contributed by atoms with van der Waals surface area (Å²) in [5.41, 5.74) is 0. The second kappa shape index (κ2) is 3.90. The maximum absolute atomic E-state index is 5.66. The van der Waals surface area contributed by atoms with E-state index in [9.17, 15) is 0 Å². The second-order valence-electron chi connectivity index (χ2n) is 4.13. The van der Waals surface area contributed by atoms with Gasteiger partial charge in [-0.25, -0.2) is 0 Å². The van der Waals surface area contributed by atoms with Crippen LogP contribution in [-0.4, -0.2) is 34.5 Å². The van der Waals surface area contributed by atoms with Gasteiger partial charge in [-0.1, -0.05) is 0 Å². The molecule has 1 N–H and O–H groups in total. The normalized spacial score (nSPS) is 26.3. The quantitative estimate of drug-likeness (QED) is 0.720. The monoisotopic (exact) mass is 208 g/mol. The van der Waals surface area contributed by atoms with Gasteiger partial charge in [0.2, 0.25) is 0 Å². The molecule has 0 unspecified atom stereocenters. The average molecular weight is 208 g/mol. The third-order valence-electron chi connectivity index (χ3n) is 3.11. The summed E-state index contributed by atoms with van der Waals surface area (Å²) in [5, 5.41) is 11.9. The minimum absolute atomic E-state index is 0.185. The van der Waals surface area contributed by atoms with E-state index in [1.165, 1.54) is 0 Å². The van der Waals surface area contributed by atoms with Crippen LogP contribution in [0.5, 0.6) is 0 Å². The molecule has 0 spiro atoms. The summed E-state index contributed by atoms with van der Waals surface area (Å²) in [7, 11) is 0. The largest absolute Gasteiger partial charge is 0.370 e. The Labute approximate surface area is 88.8 Å². The predicted molar refractivity (Wildman–Crippen MR) is 54.5 cm³/mol. The molecule has 2 aliphatic heterocycles. The number of hydrogen-bond donors (Lipinski definition) is 1. The summed E-state index contributed by atoms with van der Waals surface area (Å²) < 4.78 is 7.89. The average Bonchev–Trinajstić information content (AvgIpc) is 2.83. The first-order valence-electron chi connectivity index (χ1n) is 5.69. The van der Waals surface area contributed by atoms with Gasteiger partial charge in [0.05, 0.1) is 0 Å². The van der Waals surface area contributed by atoms with E-state index >= 15 is 0 Å². The molecule has 15 heavy (non-hydrogen) atoms. The van der Waals surface area contributed by atoms with Gasteiger partial charge in [0.15, 0.2) is 5.82 Å². The predicted octanol–water partition coefficient (Wildman–Crippen LogP) is 0.275. The van der Waals surface area contributed by atoms with Crippen LogP contribution in [0, 0.1) is 0 Å². The lowest BCUT2D eigenvalue weighted by Gasteiger charge is -2.11. The molecule has 1 aromatic heterocycles. The van der Waals surface area contributed by atoms with Gasteiger partial charge in [0.25, 0.3) is 0 Å². The molecule has 1 aromatic rings. The molecule has 1 atom stereocenters. The van der Waals surface area contributed by atoms with Crippen molar-refractivity contribution in [2.45, 2.75) is 31.9 Å². The molecule has 1 saturated heterocycles. The molecule has 5 nitrogen and oxygen atoms in total. The van der Waals surface area contributed by atoms with Crippen molar-refractivity contribution < 1.29 is 4.74 Å². The van der Waals surface area contributed by atoms with Gasteiger partial charge >= 0.3 is 0 Å². The minimum Gasteiger partial charge on any atom is -0.370 e. The number of hydrogen-bond acceptors (Lipinski definition) is 4. The van der Waals surface area contributed by atoms with Crippen LogP contribution >= 0.6 is 0 Å². The number of ether oxygens (including phenoxy) is 1. The van der Waals surface area contributed by atoms with Crippen molar-refractivity contribution in [3.8, 4) is 0 Å². The zero-order valence-electron chi connectivity index (χ0n) is 8.78. The summed E-state index contributed by atoms with van der Waals surface area (Å²) in [4.78, 5) is 0. The highest BCUT2D eigenvalue weighted by Gasteiger charge is 2.25. The second-order valence-corrected chi connectivity index (χ2v) is 4.13. The van der Waals surface area contributed by atoms with Gasteiger partial charge in [-0.2, -0.15) is 0 Å². The van der Waals surface area contributed by atoms with E-state index in [1.54, 1.807) is 0 Å². The Kier molecular flexibility index (Phi) is 2.42. The topological polar surface area (TPSA) is 52.0 Å². The molecule has 3 heterocycles. The number of aromatic nitrogens is 3. The van der Waals surface area contributed by atoms with Crippen molar-refractivity contribution in [2.75, 3.05) is 19.7 Å². The Bertz CT molecular complexity index is 343. The molecule has 5 heteroatoms. The van der Waals surface area contributed by atoms with E-state index in [1.807, 2.05) is 0 Å². The van der Waals surface area contributed by atoms with Crippen LogP contribution in [0.4, 0.5) is 0 Å². The van der Waals surface area contributed by atoms with E-state index < -0.39 is 0 Å². The molecular formula is C10H16N4O. The van der Waals surface area contributed by atoms with Crippen LogP contribution in [0.1, 0.15) is 30.6 Å². The molecule has 0 saturated carbocycles. The smallest absolute Gasteiger partial charge is 0.162 e. The molecule has 2 aliphatic rings. The molecule has 0 bridgehead atoms. The highest BCUT2D eigenvalue weighted by atomic mass is 16.5. The highest BCUT2D eigenvalue weighted by molar-refractivity contribution is 5.02. The van der Waals surface area contributed by atoms with Crippen LogP contribution in [0.15, 0.2) is 0 Å². The highest BCUT2D eigenvalue weighted by Crippen LogP contribution is 2.27. The fourth-order valence-electron chi connectivity index (χ4n) is 2.31. The van der Waals surface area contributed by atoms with E-state index in [0.29, 0.717) is 0 Å². The number of fused-ring (bicyclic) bond motifs is 1. The third-order valence-corrected chi connectivity index (χ3v) is 3.11. The lowest BCUT2D eigenvalue weighted by Crippen LogP contribution is -2.18. The maximum atomic E-state index is 5.66. The van der Waals surface area contributed by atoms with E-state index in [0.717, 1.165) is 57.2 Å². The Morgan fingerprint density at radius 2 is 2.33 bits per heavy atom. The van der Waals surface area contributed by atoms with Gasteiger partial charge in [0, 0.05) is 32.7 Å². The van der Waals surface area contributed by atoms with E-state index in [-0.39, 0.29) is 6.10 Å². The van der Waals surface area contributed by atoms with Gasteiger partial charge in [-0.3, -0.25) is 0 Å². The van der Waals surface area contributed by atoms with E-state index in [4.69, 9.17) is 4.74 Å². The van der Waals surface area contributed by atoms with Crippen LogP contribution in [0.25, 0.3) is 0 Å². The molecule has 0 radical (unpaired) electrons. The summed E-state index contributed by atoms with van der Waals surface area (Å²) in [6.07, 6.45) is 3.39. The van der Waals surface area contributed by atoms with Gasteiger partial charge in [-0.15, -0.1) is 10.2 Å². The number of nitrogens with zero attached hydrogens (tertiary/aromatic N) is 3. The molecular weight excluding hydrogens is 192 g/mol. The van der Waals surface area contributed by atoms with Crippen LogP contribution in [-0.2, 0) is 17.7 Å². The Morgan fingerprint density at radius 3 is 3.20 bits per heavy atom. The van der Waals surface area contributed by atoms with Crippen LogP contribution in [0.3, 0.4) is 0 Å². The maximum Gasteiger partial charge on any atom is 0.162 e. The molecule has 0 aliphatic carbocycles. The summed E-state index contributed by atoms with van der Waals surface area (Å²) >= 11 is 0. The van der Waals surface area contributed by atoms with Crippen molar-refractivity contribution in [3.05, 3.63) is 11.6 Å². The third kappa shape index (κ3) is 1.66. The first-order chi connectivity index (χ1) is 7.45. The minimum atomic E-state index is 0.185. The first-order valence-corrected chi connectivity index (χ1v) is 5.69. The Balaban J connectivity index is 1.91. The number of rotatable bonds is 1. The van der Waals surface area contributed by atoms with Gasteiger partial charge < -0.3 is 14.6 Å². The first kappa shape index (κ1) is 9.30. The fraction of sp³-hybridized carbons (Fsp3) is 0.800. The number of nitrogens with one attached hydrogen (secondary N) is 1. The van der Waals surface area contributed by atoms with Crippen molar-refractivity contribution >= 4 is 0 Å².